The van der Waals surface area contributed by atoms with Crippen LogP contribution >= 0.6 is 0 Å². The molecule has 0 aromatic heterocycles. The smallest absolute Gasteiger partial charge is 0.0145 e. The zero-order valence-corrected chi connectivity index (χ0v) is 12.7. The lowest BCUT2D eigenvalue weighted by atomic mass is 9.95. The van der Waals surface area contributed by atoms with Crippen molar-refractivity contribution in [2.24, 2.45) is 0 Å². The normalized spacial score (nSPS) is 12.5. The van der Waals surface area contributed by atoms with Crippen LogP contribution in [0.3, 0.4) is 0 Å². The lowest BCUT2D eigenvalue weighted by molar-refractivity contribution is 0.517. The molecule has 2 aromatic carbocycles. The maximum atomic E-state index is 4.16. The quantitative estimate of drug-likeness (QED) is 0.716. The summed E-state index contributed by atoms with van der Waals surface area (Å²) in [6.45, 7) is 9.52. The molecule has 0 saturated heterocycles. The summed E-state index contributed by atoms with van der Waals surface area (Å²) in [5.41, 5.74) is 2.76. The van der Waals surface area contributed by atoms with E-state index in [9.17, 15) is 0 Å². The minimum Gasteiger partial charge on any atom is -0.314 e. The Bertz CT molecular complexity index is 565. The van der Waals surface area contributed by atoms with Gasteiger partial charge in [0.25, 0.3) is 0 Å². The first kappa shape index (κ1) is 14.8. The fraction of sp³-hybridized carbons (Fsp3) is 0.368. The van der Waals surface area contributed by atoms with Gasteiger partial charge in [0.15, 0.2) is 0 Å². The van der Waals surface area contributed by atoms with E-state index in [0.29, 0.717) is 6.04 Å². The number of fused-ring (bicyclic) bond motifs is 1. The van der Waals surface area contributed by atoms with Gasteiger partial charge in [0, 0.05) is 6.04 Å². The molecule has 1 nitrogen and oxygen atoms in total. The Kier molecular flexibility index (Phi) is 5.37. The fourth-order valence-electron chi connectivity index (χ4n) is 2.73. The van der Waals surface area contributed by atoms with Crippen LogP contribution in [0.25, 0.3) is 10.8 Å². The van der Waals surface area contributed by atoms with Crippen molar-refractivity contribution < 1.29 is 0 Å². The zero-order chi connectivity index (χ0) is 14.4. The van der Waals surface area contributed by atoms with E-state index >= 15 is 0 Å². The van der Waals surface area contributed by atoms with Crippen LogP contribution in [0.4, 0.5) is 0 Å². The highest BCUT2D eigenvalue weighted by atomic mass is 14.9. The number of benzene rings is 2. The van der Waals surface area contributed by atoms with Gasteiger partial charge in [-0.05, 0) is 42.1 Å². The van der Waals surface area contributed by atoms with Gasteiger partial charge in [-0.1, -0.05) is 68.5 Å². The Morgan fingerprint density at radius 2 is 1.85 bits per heavy atom. The molecule has 0 saturated carbocycles. The lowest BCUT2D eigenvalue weighted by Gasteiger charge is -2.20. The van der Waals surface area contributed by atoms with Gasteiger partial charge < -0.3 is 5.32 Å². The Balaban J connectivity index is 2.21. The predicted molar refractivity (Wildman–Crippen MR) is 89.2 cm³/mol. The third-order valence-corrected chi connectivity index (χ3v) is 3.87. The molecule has 0 fully saturated rings. The van der Waals surface area contributed by atoms with Crippen molar-refractivity contribution in [1.82, 2.24) is 5.32 Å². The van der Waals surface area contributed by atoms with Crippen molar-refractivity contribution in [2.75, 3.05) is 6.54 Å². The van der Waals surface area contributed by atoms with E-state index in [0.717, 1.165) is 25.8 Å². The van der Waals surface area contributed by atoms with Crippen LogP contribution in [0, 0.1) is 0 Å². The highest BCUT2D eigenvalue weighted by Crippen LogP contribution is 2.21. The highest BCUT2D eigenvalue weighted by Gasteiger charge is 2.11. The number of hydrogen-bond donors (Lipinski definition) is 1. The second-order valence-corrected chi connectivity index (χ2v) is 5.40. The van der Waals surface area contributed by atoms with Crippen molar-refractivity contribution >= 4 is 10.8 Å². The molecule has 0 heterocycles. The van der Waals surface area contributed by atoms with Crippen molar-refractivity contribution in [3.05, 3.63) is 60.2 Å². The minimum absolute atomic E-state index is 0.484. The van der Waals surface area contributed by atoms with Gasteiger partial charge in [-0.25, -0.2) is 0 Å². The van der Waals surface area contributed by atoms with Gasteiger partial charge in [-0.15, -0.1) is 0 Å². The second-order valence-electron chi connectivity index (χ2n) is 5.40. The molecule has 2 aromatic rings. The number of nitrogens with one attached hydrogen (secondary N) is 1. The molecule has 0 spiro atoms. The molecule has 0 radical (unpaired) electrons. The van der Waals surface area contributed by atoms with Gasteiger partial charge in [0.1, 0.15) is 0 Å². The van der Waals surface area contributed by atoms with Crippen LogP contribution in [0.5, 0.6) is 0 Å². The molecule has 106 valence electrons. The van der Waals surface area contributed by atoms with Gasteiger partial charge in [-0.3, -0.25) is 0 Å². The number of likely N-dealkylation sites (N-methyl/N-ethyl adjacent to an activating group) is 1. The van der Waals surface area contributed by atoms with Gasteiger partial charge in [0.05, 0.1) is 0 Å². The summed E-state index contributed by atoms with van der Waals surface area (Å²) in [4.78, 5) is 0. The lowest BCUT2D eigenvalue weighted by Crippen LogP contribution is -2.31. The monoisotopic (exact) mass is 267 g/mol. The molecular weight excluding hydrogens is 242 g/mol. The molecule has 2 rings (SSSR count). The van der Waals surface area contributed by atoms with Crippen molar-refractivity contribution in [1.29, 1.82) is 0 Å². The predicted octanol–water partition coefficient (Wildman–Crippen LogP) is 4.72. The van der Waals surface area contributed by atoms with E-state index in [2.05, 4.69) is 68.2 Å². The van der Waals surface area contributed by atoms with Crippen LogP contribution < -0.4 is 5.32 Å². The summed E-state index contributed by atoms with van der Waals surface area (Å²) >= 11 is 0. The van der Waals surface area contributed by atoms with E-state index in [-0.39, 0.29) is 0 Å². The molecule has 1 heteroatoms. The van der Waals surface area contributed by atoms with Crippen LogP contribution in [-0.4, -0.2) is 12.6 Å². The third kappa shape index (κ3) is 3.71. The summed E-state index contributed by atoms with van der Waals surface area (Å²) in [6, 6.07) is 15.7. The van der Waals surface area contributed by atoms with Gasteiger partial charge >= 0.3 is 0 Å². The van der Waals surface area contributed by atoms with Crippen molar-refractivity contribution in [3.8, 4) is 0 Å². The summed E-state index contributed by atoms with van der Waals surface area (Å²) in [5.74, 6) is 0. The Morgan fingerprint density at radius 1 is 1.10 bits per heavy atom. The summed E-state index contributed by atoms with van der Waals surface area (Å²) in [7, 11) is 0. The average Bonchev–Trinajstić information content (AvgIpc) is 2.47. The van der Waals surface area contributed by atoms with Crippen LogP contribution in [-0.2, 0) is 6.42 Å². The molecule has 20 heavy (non-hydrogen) atoms. The van der Waals surface area contributed by atoms with Gasteiger partial charge in [0.2, 0.25) is 0 Å². The van der Waals surface area contributed by atoms with Crippen LogP contribution in [0.2, 0.25) is 0 Å². The average molecular weight is 267 g/mol. The highest BCUT2D eigenvalue weighted by molar-refractivity contribution is 5.85. The molecule has 0 aliphatic carbocycles. The summed E-state index contributed by atoms with van der Waals surface area (Å²) in [6.07, 6.45) is 3.19. The summed E-state index contributed by atoms with van der Waals surface area (Å²) in [5, 5.41) is 6.30. The van der Waals surface area contributed by atoms with E-state index in [4.69, 9.17) is 0 Å². The van der Waals surface area contributed by atoms with Crippen LogP contribution in [0.15, 0.2) is 54.6 Å². The number of rotatable bonds is 7. The SMILES string of the molecule is C=C(CC)CC(Cc1cccc2ccccc12)NCC. The van der Waals surface area contributed by atoms with E-state index in [1.54, 1.807) is 0 Å². The van der Waals surface area contributed by atoms with Crippen molar-refractivity contribution in [2.45, 2.75) is 39.2 Å². The third-order valence-electron chi connectivity index (χ3n) is 3.87. The first-order valence-electron chi connectivity index (χ1n) is 7.61. The molecular formula is C19H25N. The molecule has 1 unspecified atom stereocenters. The van der Waals surface area contributed by atoms with E-state index in [1.165, 1.54) is 21.9 Å². The van der Waals surface area contributed by atoms with Crippen molar-refractivity contribution in [3.63, 3.8) is 0 Å². The molecule has 1 N–H and O–H groups in total. The maximum absolute atomic E-state index is 4.16. The van der Waals surface area contributed by atoms with E-state index in [1.807, 2.05) is 0 Å². The Morgan fingerprint density at radius 3 is 2.60 bits per heavy atom. The molecule has 0 aliphatic rings. The largest absolute Gasteiger partial charge is 0.314 e. The Hall–Kier alpha value is -1.60. The fourth-order valence-corrected chi connectivity index (χ4v) is 2.73. The standard InChI is InChI=1S/C19H25N/c1-4-15(3)13-18(20-5-2)14-17-11-8-10-16-9-6-7-12-19(16)17/h6-12,18,20H,3-5,13-14H2,1-2H3. The molecule has 0 amide bonds. The molecule has 1 atom stereocenters. The van der Waals surface area contributed by atoms with Crippen LogP contribution in [0.1, 0.15) is 32.3 Å². The minimum atomic E-state index is 0.484. The van der Waals surface area contributed by atoms with Gasteiger partial charge in [-0.2, -0.15) is 0 Å². The maximum Gasteiger partial charge on any atom is 0.0145 e. The molecule has 0 aliphatic heterocycles. The summed E-state index contributed by atoms with van der Waals surface area (Å²) < 4.78 is 0. The zero-order valence-electron chi connectivity index (χ0n) is 12.7. The Labute approximate surface area is 122 Å². The topological polar surface area (TPSA) is 12.0 Å². The molecule has 0 bridgehead atoms. The second kappa shape index (κ2) is 7.25. The first-order valence-corrected chi connectivity index (χ1v) is 7.61. The van der Waals surface area contributed by atoms with E-state index < -0.39 is 0 Å². The number of hydrogen-bond acceptors (Lipinski definition) is 1. The first-order chi connectivity index (χ1) is 9.74.